The lowest BCUT2D eigenvalue weighted by Gasteiger charge is -2.34. The van der Waals surface area contributed by atoms with Gasteiger partial charge in [-0.05, 0) is 68.9 Å². The third kappa shape index (κ3) is 5.20. The van der Waals surface area contributed by atoms with Gasteiger partial charge in [0, 0.05) is 24.5 Å². The fourth-order valence-electron chi connectivity index (χ4n) is 4.79. The highest BCUT2D eigenvalue weighted by atomic mass is 32.2. The molecule has 0 spiro atoms. The molecule has 0 aliphatic carbocycles. The molecule has 0 bridgehead atoms. The average Bonchev–Trinajstić information content (AvgIpc) is 3.35. The van der Waals surface area contributed by atoms with Crippen molar-refractivity contribution in [1.82, 2.24) is 24.5 Å². The van der Waals surface area contributed by atoms with E-state index in [1.807, 2.05) is 12.3 Å². The Labute approximate surface area is 212 Å². The Morgan fingerprint density at radius 1 is 1.25 bits per heavy atom. The van der Waals surface area contributed by atoms with Crippen molar-refractivity contribution < 1.29 is 13.2 Å². The van der Waals surface area contributed by atoms with Crippen molar-refractivity contribution in [2.24, 2.45) is 11.8 Å². The molecule has 1 saturated heterocycles. The van der Waals surface area contributed by atoms with Gasteiger partial charge in [0.25, 0.3) is 15.9 Å². The smallest absolute Gasteiger partial charge is 0.268 e. The molecule has 4 rings (SSSR count). The summed E-state index contributed by atoms with van der Waals surface area (Å²) < 4.78 is 29.7. The van der Waals surface area contributed by atoms with Gasteiger partial charge in [-0.25, -0.2) is 27.8 Å². The van der Waals surface area contributed by atoms with E-state index in [9.17, 15) is 13.2 Å². The average molecular weight is 512 g/mol. The molecule has 36 heavy (non-hydrogen) atoms. The Kier molecular flexibility index (Phi) is 6.78. The summed E-state index contributed by atoms with van der Waals surface area (Å²) in [6.07, 6.45) is 4.98. The third-order valence-electron chi connectivity index (χ3n) is 6.25. The van der Waals surface area contributed by atoms with Crippen LogP contribution in [0.3, 0.4) is 0 Å². The quantitative estimate of drug-likeness (QED) is 0.494. The number of rotatable bonds is 7. The van der Waals surface area contributed by atoms with E-state index in [1.54, 1.807) is 16.8 Å². The number of sulfonamides is 1. The highest BCUT2D eigenvalue weighted by Crippen LogP contribution is 2.37. The fraction of sp³-hybridized carbons (Fsp3) is 0.440. The second-order valence-corrected chi connectivity index (χ2v) is 12.1. The van der Waals surface area contributed by atoms with Gasteiger partial charge in [0.05, 0.1) is 11.3 Å². The Bertz CT molecular complexity index is 1380. The molecule has 0 saturated carbocycles. The predicted molar refractivity (Wildman–Crippen MR) is 138 cm³/mol. The lowest BCUT2D eigenvalue weighted by atomic mass is 9.97. The van der Waals surface area contributed by atoms with E-state index in [4.69, 9.17) is 10.7 Å². The van der Waals surface area contributed by atoms with E-state index in [0.29, 0.717) is 30.0 Å². The summed E-state index contributed by atoms with van der Waals surface area (Å²) in [5, 5.41) is 4.64. The highest BCUT2D eigenvalue weighted by molar-refractivity contribution is 7.90. The molecule has 1 amide bonds. The normalized spacial score (nSPS) is 17.5. The molecule has 1 atom stereocenters. The second kappa shape index (κ2) is 9.53. The van der Waals surface area contributed by atoms with Crippen LogP contribution in [0.1, 0.15) is 57.1 Å². The molecule has 192 valence electrons. The van der Waals surface area contributed by atoms with Gasteiger partial charge in [0.15, 0.2) is 5.82 Å². The van der Waals surface area contributed by atoms with Gasteiger partial charge < -0.3 is 10.6 Å². The van der Waals surface area contributed by atoms with Crippen molar-refractivity contribution in [2.45, 2.75) is 57.9 Å². The minimum absolute atomic E-state index is 0.154. The number of aromatic nitrogens is 4. The van der Waals surface area contributed by atoms with Crippen molar-refractivity contribution >= 4 is 27.6 Å². The molecule has 1 aliphatic rings. The fourth-order valence-corrected chi connectivity index (χ4v) is 5.84. The largest absolute Gasteiger partial charge is 0.383 e. The molecule has 0 aromatic carbocycles. The van der Waals surface area contributed by atoms with Crippen LogP contribution in [0.4, 0.5) is 11.6 Å². The zero-order valence-corrected chi connectivity index (χ0v) is 22.1. The number of hydrogen-bond acceptors (Lipinski definition) is 8. The molecule has 3 aromatic rings. The summed E-state index contributed by atoms with van der Waals surface area (Å²) in [6.45, 7) is 11.3. The predicted octanol–water partition coefficient (Wildman–Crippen LogP) is 3.19. The Balaban J connectivity index is 1.75. The van der Waals surface area contributed by atoms with Gasteiger partial charge in [0.2, 0.25) is 0 Å². The Hall–Kier alpha value is -3.47. The van der Waals surface area contributed by atoms with Crippen LogP contribution in [0.15, 0.2) is 47.6 Å². The van der Waals surface area contributed by atoms with Crippen LogP contribution in [0, 0.1) is 11.8 Å². The van der Waals surface area contributed by atoms with Crippen LogP contribution in [0.2, 0.25) is 0 Å². The van der Waals surface area contributed by atoms with Crippen LogP contribution < -0.4 is 15.4 Å². The molecule has 11 heteroatoms. The molecule has 3 N–H and O–H groups in total. The summed E-state index contributed by atoms with van der Waals surface area (Å²) >= 11 is 0. The van der Waals surface area contributed by atoms with Gasteiger partial charge >= 0.3 is 0 Å². The Morgan fingerprint density at radius 3 is 2.64 bits per heavy atom. The number of nitrogens with zero attached hydrogens (tertiary/aromatic N) is 5. The van der Waals surface area contributed by atoms with Crippen molar-refractivity contribution in [3.8, 4) is 5.82 Å². The monoisotopic (exact) mass is 511 g/mol. The number of carbonyl (C=O) groups is 1. The standard InChI is InChI=1S/C25H33N7O3S/c1-16(2)13-18-10-12-32(29-18)21-9-8-19(23(28-21)31-15-17(3)14-25(31,4)5)24(33)30-36(34,35)20-7-6-11-27-22(20)26/h6-12,16-17H,13-15H2,1-5H3,(H2,26,27)(H,30,33)/t17-/m0/s1. The van der Waals surface area contributed by atoms with Gasteiger partial charge in [-0.1, -0.05) is 20.8 Å². The highest BCUT2D eigenvalue weighted by Gasteiger charge is 2.39. The summed E-state index contributed by atoms with van der Waals surface area (Å²) in [5.41, 5.74) is 6.57. The first-order chi connectivity index (χ1) is 16.9. The molecule has 0 unspecified atom stereocenters. The van der Waals surface area contributed by atoms with Crippen molar-refractivity contribution in [1.29, 1.82) is 0 Å². The Morgan fingerprint density at radius 2 is 2.00 bits per heavy atom. The number of anilines is 2. The van der Waals surface area contributed by atoms with Crippen LogP contribution in [0.25, 0.3) is 5.82 Å². The third-order valence-corrected chi connectivity index (χ3v) is 7.62. The van der Waals surface area contributed by atoms with E-state index >= 15 is 0 Å². The maximum Gasteiger partial charge on any atom is 0.268 e. The van der Waals surface area contributed by atoms with Gasteiger partial charge in [0.1, 0.15) is 16.5 Å². The number of pyridine rings is 2. The lowest BCUT2D eigenvalue weighted by molar-refractivity contribution is 0.0981. The maximum absolute atomic E-state index is 13.3. The van der Waals surface area contributed by atoms with E-state index in [0.717, 1.165) is 18.5 Å². The first-order valence-corrected chi connectivity index (χ1v) is 13.5. The number of amides is 1. The molecule has 3 aromatic heterocycles. The molecule has 1 fully saturated rings. The van der Waals surface area contributed by atoms with E-state index in [2.05, 4.69) is 54.3 Å². The zero-order chi connectivity index (χ0) is 26.3. The van der Waals surface area contributed by atoms with E-state index in [-0.39, 0.29) is 21.8 Å². The van der Waals surface area contributed by atoms with E-state index < -0.39 is 15.9 Å². The zero-order valence-electron chi connectivity index (χ0n) is 21.3. The number of hydrogen-bond donors (Lipinski definition) is 2. The van der Waals surface area contributed by atoms with Crippen LogP contribution in [-0.2, 0) is 16.4 Å². The molecule has 4 heterocycles. The maximum atomic E-state index is 13.3. The summed E-state index contributed by atoms with van der Waals surface area (Å²) in [6, 6.07) is 7.97. The lowest BCUT2D eigenvalue weighted by Crippen LogP contribution is -2.41. The molecule has 1 aliphatic heterocycles. The van der Waals surface area contributed by atoms with Gasteiger partial charge in [-0.15, -0.1) is 0 Å². The number of nitrogen functional groups attached to an aromatic ring is 1. The number of nitrogens with two attached hydrogens (primary N) is 1. The minimum atomic E-state index is -4.24. The van der Waals surface area contributed by atoms with Crippen LogP contribution in [0.5, 0.6) is 0 Å². The first-order valence-electron chi connectivity index (χ1n) is 12.0. The van der Waals surface area contributed by atoms with Gasteiger partial charge in [-0.3, -0.25) is 4.79 Å². The minimum Gasteiger partial charge on any atom is -0.383 e. The number of carbonyl (C=O) groups excluding carboxylic acids is 1. The SMILES string of the molecule is CC(C)Cc1ccn(-c2ccc(C(=O)NS(=O)(=O)c3cccnc3N)c(N3C[C@@H](C)CC3(C)C)n2)n1. The molecule has 10 nitrogen and oxygen atoms in total. The van der Waals surface area contributed by atoms with Crippen LogP contribution >= 0.6 is 0 Å². The molecular weight excluding hydrogens is 478 g/mol. The topological polar surface area (TPSA) is 136 Å². The van der Waals surface area contributed by atoms with Gasteiger partial charge in [-0.2, -0.15) is 5.10 Å². The summed E-state index contributed by atoms with van der Waals surface area (Å²) in [5.74, 6) is 0.828. The second-order valence-electron chi connectivity index (χ2n) is 10.4. The van der Waals surface area contributed by atoms with E-state index in [1.165, 1.54) is 18.3 Å². The van der Waals surface area contributed by atoms with Crippen molar-refractivity contribution in [3.05, 3.63) is 54.0 Å². The summed E-state index contributed by atoms with van der Waals surface area (Å²) in [4.78, 5) is 23.8. The van der Waals surface area contributed by atoms with Crippen LogP contribution in [-0.4, -0.2) is 46.2 Å². The van der Waals surface area contributed by atoms with Crippen molar-refractivity contribution in [3.63, 3.8) is 0 Å². The van der Waals surface area contributed by atoms with Crippen molar-refractivity contribution in [2.75, 3.05) is 17.2 Å². The molecular formula is C25H33N7O3S. The summed E-state index contributed by atoms with van der Waals surface area (Å²) in [7, 11) is -4.24. The first kappa shape index (κ1) is 25.6. The number of nitrogens with one attached hydrogen (secondary N) is 1. The molecule has 0 radical (unpaired) electrons.